The fourth-order valence-corrected chi connectivity index (χ4v) is 4.54. The lowest BCUT2D eigenvalue weighted by Gasteiger charge is -2.12. The number of imidazole rings is 1. The van der Waals surface area contributed by atoms with Crippen LogP contribution in [0.2, 0.25) is 0 Å². The molecule has 3 N–H and O–H groups in total. The Bertz CT molecular complexity index is 1330. The van der Waals surface area contributed by atoms with Crippen LogP contribution >= 0.6 is 11.8 Å². The molecule has 0 saturated heterocycles. The molecule has 0 fully saturated rings. The summed E-state index contributed by atoms with van der Waals surface area (Å²) in [6.07, 6.45) is 0. The lowest BCUT2D eigenvalue weighted by atomic mass is 9.98. The molecule has 0 radical (unpaired) electrons. The summed E-state index contributed by atoms with van der Waals surface area (Å²) in [5.74, 6) is 0.543. The number of aromatic nitrogens is 2. The lowest BCUT2D eigenvalue weighted by molar-refractivity contribution is 0.0602. The number of carbonyl (C=O) groups excluding carboxylic acids is 1. The lowest BCUT2D eigenvalue weighted by Crippen LogP contribution is -2.14. The van der Waals surface area contributed by atoms with Gasteiger partial charge in [-0.1, -0.05) is 78.4 Å². The maximum atomic E-state index is 12.4. The summed E-state index contributed by atoms with van der Waals surface area (Å²) in [6.45, 7) is 2.62. The minimum atomic E-state index is -0.384. The molecule has 0 saturated carbocycles. The third kappa shape index (κ3) is 4.42. The summed E-state index contributed by atoms with van der Waals surface area (Å²) in [7, 11) is 1.38. The maximum Gasteiger partial charge on any atom is 0.340 e. The van der Waals surface area contributed by atoms with Gasteiger partial charge in [-0.3, -0.25) is 0 Å². The predicted octanol–water partition coefficient (Wildman–Crippen LogP) is 4.74. The number of esters is 1. The van der Waals surface area contributed by atoms with Crippen LogP contribution in [0.3, 0.4) is 0 Å². The zero-order chi connectivity index (χ0) is 23.4. The number of nitrogens with two attached hydrogens (primary N) is 1. The van der Waals surface area contributed by atoms with Gasteiger partial charge in [0, 0.05) is 5.56 Å². The second-order valence-electron chi connectivity index (χ2n) is 7.31. The number of para-hydroxylation sites is 1. The molecule has 0 bridgehead atoms. The molecular weight excluding hydrogens is 436 g/mol. The Kier molecular flexibility index (Phi) is 6.65. The molecular formula is C25H24N4O3S. The molecule has 3 aromatic carbocycles. The smallest absolute Gasteiger partial charge is 0.340 e. The van der Waals surface area contributed by atoms with Gasteiger partial charge in [-0.15, -0.1) is 0 Å². The summed E-state index contributed by atoms with van der Waals surface area (Å²) in [5.41, 5.74) is 11.4. The molecule has 4 rings (SSSR count). The average Bonchev–Trinajstić information content (AvgIpc) is 3.20. The first kappa shape index (κ1) is 22.4. The van der Waals surface area contributed by atoms with E-state index in [1.807, 2.05) is 60.7 Å². The third-order valence-electron chi connectivity index (χ3n) is 5.33. The van der Waals surface area contributed by atoms with E-state index in [0.29, 0.717) is 17.7 Å². The Morgan fingerprint density at radius 3 is 2.52 bits per heavy atom. The molecule has 8 heteroatoms. The van der Waals surface area contributed by atoms with Crippen LogP contribution in [0, 0.1) is 0 Å². The van der Waals surface area contributed by atoms with E-state index in [0.717, 1.165) is 38.6 Å². The Labute approximate surface area is 195 Å². The first-order valence-corrected chi connectivity index (χ1v) is 11.4. The van der Waals surface area contributed by atoms with Crippen molar-refractivity contribution in [3.8, 4) is 11.1 Å². The summed E-state index contributed by atoms with van der Waals surface area (Å²) in [5, 5.41) is 13.1. The third-order valence-corrected chi connectivity index (χ3v) is 6.19. The van der Waals surface area contributed by atoms with Gasteiger partial charge in [-0.2, -0.15) is 0 Å². The molecule has 0 aliphatic rings. The number of rotatable bonds is 7. The van der Waals surface area contributed by atoms with Gasteiger partial charge in [0.15, 0.2) is 11.0 Å². The molecule has 0 atom stereocenters. The largest absolute Gasteiger partial charge is 0.465 e. The number of fused-ring (bicyclic) bond motifs is 1. The number of methoxy groups -OCH3 is 1. The van der Waals surface area contributed by atoms with Gasteiger partial charge in [0.05, 0.1) is 30.3 Å². The molecule has 0 aliphatic carbocycles. The first-order valence-electron chi connectivity index (χ1n) is 10.4. The van der Waals surface area contributed by atoms with Gasteiger partial charge >= 0.3 is 5.97 Å². The molecule has 1 aromatic heterocycles. The van der Waals surface area contributed by atoms with Gasteiger partial charge in [0.1, 0.15) is 0 Å². The van der Waals surface area contributed by atoms with Crippen LogP contribution in [0.15, 0.2) is 77.0 Å². The Morgan fingerprint density at radius 1 is 1.09 bits per heavy atom. The van der Waals surface area contributed by atoms with Crippen molar-refractivity contribution < 1.29 is 14.7 Å². The average molecular weight is 461 g/mol. The normalized spacial score (nSPS) is 11.6. The highest BCUT2D eigenvalue weighted by molar-refractivity contribution is 7.99. The maximum absolute atomic E-state index is 12.4. The zero-order valence-corrected chi connectivity index (χ0v) is 19.2. The number of nitrogens with zero attached hydrogens (tertiary/aromatic N) is 3. The first-order chi connectivity index (χ1) is 16.1. The molecule has 1 heterocycles. The fourth-order valence-electron chi connectivity index (χ4n) is 3.81. The summed E-state index contributed by atoms with van der Waals surface area (Å²) in [4.78, 5) is 17.2. The van der Waals surface area contributed by atoms with E-state index >= 15 is 0 Å². The summed E-state index contributed by atoms with van der Waals surface area (Å²) >= 11 is 1.63. The summed E-state index contributed by atoms with van der Waals surface area (Å²) in [6, 6.07) is 21.1. The number of amidine groups is 1. The van der Waals surface area contributed by atoms with Crippen molar-refractivity contribution >= 4 is 34.6 Å². The van der Waals surface area contributed by atoms with Crippen LogP contribution in [-0.2, 0) is 11.3 Å². The highest BCUT2D eigenvalue weighted by atomic mass is 32.2. The monoisotopic (exact) mass is 460 g/mol. The number of thioether (sulfide) groups is 1. The van der Waals surface area contributed by atoms with Crippen LogP contribution in [0.1, 0.15) is 28.4 Å². The number of hydrogen-bond donors (Lipinski definition) is 2. The Morgan fingerprint density at radius 2 is 1.82 bits per heavy atom. The standard InChI is InChI=1S/C25H24N4O3S/c1-3-33-25-27-21-10-6-9-20(24(30)32-2)22(21)29(25)15-16-11-13-17(14-12-16)18-7-4-5-8-19(18)23(26)28-31/h4-14,31H,3,15H2,1-2H3,(H2,26,28). The highest BCUT2D eigenvalue weighted by Gasteiger charge is 2.19. The topological polar surface area (TPSA) is 103 Å². The number of oxime groups is 1. The van der Waals surface area contributed by atoms with E-state index in [1.54, 1.807) is 17.8 Å². The van der Waals surface area contributed by atoms with Crippen molar-refractivity contribution in [2.45, 2.75) is 18.6 Å². The van der Waals surface area contributed by atoms with Gasteiger partial charge in [0.2, 0.25) is 0 Å². The minimum Gasteiger partial charge on any atom is -0.465 e. The zero-order valence-electron chi connectivity index (χ0n) is 18.4. The SMILES string of the molecule is CCSc1nc2cccc(C(=O)OC)c2n1Cc1ccc(-c2ccccc2/C(N)=N\O)cc1. The Balaban J connectivity index is 1.74. The van der Waals surface area contributed by atoms with E-state index in [-0.39, 0.29) is 11.8 Å². The predicted molar refractivity (Wildman–Crippen MR) is 131 cm³/mol. The molecule has 0 spiro atoms. The molecule has 168 valence electrons. The fraction of sp³-hybridized carbons (Fsp3) is 0.160. The van der Waals surface area contributed by atoms with Gasteiger partial charge in [0.25, 0.3) is 0 Å². The van der Waals surface area contributed by atoms with Crippen molar-refractivity contribution in [1.82, 2.24) is 9.55 Å². The van der Waals surface area contributed by atoms with E-state index in [2.05, 4.69) is 16.6 Å². The minimum absolute atomic E-state index is 0.0659. The van der Waals surface area contributed by atoms with Crippen molar-refractivity contribution in [3.05, 3.63) is 83.4 Å². The summed E-state index contributed by atoms with van der Waals surface area (Å²) < 4.78 is 7.06. The van der Waals surface area contributed by atoms with Crippen LogP contribution in [0.4, 0.5) is 0 Å². The second-order valence-corrected chi connectivity index (χ2v) is 8.54. The van der Waals surface area contributed by atoms with Crippen molar-refractivity contribution in [3.63, 3.8) is 0 Å². The van der Waals surface area contributed by atoms with Crippen molar-refractivity contribution in [2.24, 2.45) is 10.9 Å². The van der Waals surface area contributed by atoms with Crippen LogP contribution in [0.25, 0.3) is 22.2 Å². The number of hydrogen-bond acceptors (Lipinski definition) is 6. The molecule has 4 aromatic rings. The molecule has 0 unspecified atom stereocenters. The Hall–Kier alpha value is -3.78. The molecule has 7 nitrogen and oxygen atoms in total. The van der Waals surface area contributed by atoms with Gasteiger partial charge in [-0.05, 0) is 34.6 Å². The molecule has 33 heavy (non-hydrogen) atoms. The van der Waals surface area contributed by atoms with Gasteiger partial charge < -0.3 is 20.2 Å². The number of benzene rings is 3. The van der Waals surface area contributed by atoms with E-state index in [1.165, 1.54) is 7.11 Å². The van der Waals surface area contributed by atoms with E-state index in [4.69, 9.17) is 20.7 Å². The highest BCUT2D eigenvalue weighted by Crippen LogP contribution is 2.29. The molecule has 0 aliphatic heterocycles. The molecule has 0 amide bonds. The quantitative estimate of drug-likeness (QED) is 0.103. The van der Waals surface area contributed by atoms with Crippen molar-refractivity contribution in [2.75, 3.05) is 12.9 Å². The van der Waals surface area contributed by atoms with Crippen LogP contribution in [0.5, 0.6) is 0 Å². The number of ether oxygens (including phenoxy) is 1. The van der Waals surface area contributed by atoms with E-state index < -0.39 is 0 Å². The van der Waals surface area contributed by atoms with E-state index in [9.17, 15) is 4.79 Å². The second kappa shape index (κ2) is 9.79. The van der Waals surface area contributed by atoms with Crippen molar-refractivity contribution in [1.29, 1.82) is 0 Å². The van der Waals surface area contributed by atoms with Gasteiger partial charge in [-0.25, -0.2) is 9.78 Å². The van der Waals surface area contributed by atoms with Crippen LogP contribution in [-0.4, -0.2) is 39.4 Å². The van der Waals surface area contributed by atoms with Crippen LogP contribution < -0.4 is 5.73 Å². The number of carbonyl (C=O) groups is 1.